The molecule has 0 fully saturated rings. The summed E-state index contributed by atoms with van der Waals surface area (Å²) < 4.78 is 15.5. The first-order valence-electron chi connectivity index (χ1n) is 4.79. The molecule has 0 aliphatic carbocycles. The van der Waals surface area contributed by atoms with E-state index in [1.54, 1.807) is 18.2 Å². The summed E-state index contributed by atoms with van der Waals surface area (Å²) in [4.78, 5) is 11.8. The van der Waals surface area contributed by atoms with Gasteiger partial charge in [0.1, 0.15) is 17.9 Å². The maximum Gasteiger partial charge on any atom is 0.210 e. The molecular formula is C12H9NO4. The summed E-state index contributed by atoms with van der Waals surface area (Å²) in [5, 5.41) is 9.03. The molecule has 0 saturated heterocycles. The van der Waals surface area contributed by atoms with Crippen molar-refractivity contribution in [1.29, 1.82) is 5.26 Å². The van der Waals surface area contributed by atoms with E-state index in [0.29, 0.717) is 16.9 Å². The van der Waals surface area contributed by atoms with E-state index < -0.39 is 0 Å². The maximum atomic E-state index is 11.8. The highest BCUT2D eigenvalue weighted by molar-refractivity contribution is 5.85. The van der Waals surface area contributed by atoms with E-state index in [0.717, 1.165) is 6.26 Å². The molecule has 0 bridgehead atoms. The van der Waals surface area contributed by atoms with E-state index in [9.17, 15) is 4.79 Å². The Labute approximate surface area is 96.8 Å². The van der Waals surface area contributed by atoms with Gasteiger partial charge in [-0.3, -0.25) is 4.79 Å². The standard InChI is InChI=1S/C12H9NO4/c1-15-9-4-3-8-10(14)7(5-13)6-17-11(8)12(9)16-2/h3-4,6H,1-2H3. The number of hydrogen-bond donors (Lipinski definition) is 0. The zero-order chi connectivity index (χ0) is 12.4. The second kappa shape index (κ2) is 4.18. The number of hydrogen-bond acceptors (Lipinski definition) is 5. The van der Waals surface area contributed by atoms with Gasteiger partial charge >= 0.3 is 0 Å². The second-order valence-electron chi connectivity index (χ2n) is 3.27. The third-order valence-electron chi connectivity index (χ3n) is 2.40. The molecule has 0 spiro atoms. The Kier molecular flexibility index (Phi) is 2.71. The lowest BCUT2D eigenvalue weighted by Gasteiger charge is -2.08. The molecule has 2 rings (SSSR count). The SMILES string of the molecule is COc1ccc2c(=O)c(C#N)coc2c1OC. The van der Waals surface area contributed by atoms with Crippen LogP contribution < -0.4 is 14.9 Å². The summed E-state index contributed by atoms with van der Waals surface area (Å²) in [7, 11) is 2.95. The van der Waals surface area contributed by atoms with E-state index >= 15 is 0 Å². The number of methoxy groups -OCH3 is 2. The van der Waals surface area contributed by atoms with Crippen LogP contribution in [-0.4, -0.2) is 14.2 Å². The second-order valence-corrected chi connectivity index (χ2v) is 3.27. The molecule has 5 nitrogen and oxygen atoms in total. The van der Waals surface area contributed by atoms with Gasteiger partial charge in [0, 0.05) is 0 Å². The van der Waals surface area contributed by atoms with E-state index in [1.807, 2.05) is 0 Å². The summed E-state index contributed by atoms with van der Waals surface area (Å²) in [6.07, 6.45) is 1.12. The molecule has 0 atom stereocenters. The molecule has 0 aliphatic rings. The third-order valence-corrected chi connectivity index (χ3v) is 2.40. The number of ether oxygens (including phenoxy) is 2. The Morgan fingerprint density at radius 3 is 2.65 bits per heavy atom. The van der Waals surface area contributed by atoms with Gasteiger partial charge in [-0.1, -0.05) is 0 Å². The Hall–Kier alpha value is -2.48. The lowest BCUT2D eigenvalue weighted by Crippen LogP contribution is -2.06. The number of rotatable bonds is 2. The predicted octanol–water partition coefficient (Wildman–Crippen LogP) is 1.68. The Morgan fingerprint density at radius 1 is 1.29 bits per heavy atom. The lowest BCUT2D eigenvalue weighted by atomic mass is 10.1. The summed E-state index contributed by atoms with van der Waals surface area (Å²) in [6.45, 7) is 0. The molecule has 0 unspecified atom stereocenters. The Bertz CT molecular complexity index is 666. The van der Waals surface area contributed by atoms with Crippen molar-refractivity contribution in [2.45, 2.75) is 0 Å². The molecule has 5 heteroatoms. The molecule has 1 aromatic heterocycles. The monoisotopic (exact) mass is 231 g/mol. The topological polar surface area (TPSA) is 72.5 Å². The van der Waals surface area contributed by atoms with Crippen LogP contribution in [0, 0.1) is 11.3 Å². The largest absolute Gasteiger partial charge is 0.493 e. The quantitative estimate of drug-likeness (QED) is 0.786. The number of nitrogens with zero attached hydrogens (tertiary/aromatic N) is 1. The molecule has 0 saturated carbocycles. The van der Waals surface area contributed by atoms with Crippen molar-refractivity contribution in [2.75, 3.05) is 14.2 Å². The number of benzene rings is 1. The molecular weight excluding hydrogens is 222 g/mol. The first-order valence-corrected chi connectivity index (χ1v) is 4.79. The summed E-state index contributed by atoms with van der Waals surface area (Å²) in [5.41, 5.74) is -0.143. The molecule has 0 N–H and O–H groups in total. The minimum atomic E-state index is -0.380. The van der Waals surface area contributed by atoms with Gasteiger partial charge in [0.2, 0.25) is 11.2 Å². The fraction of sp³-hybridized carbons (Fsp3) is 0.167. The van der Waals surface area contributed by atoms with Crippen LogP contribution in [0.1, 0.15) is 5.56 Å². The highest BCUT2D eigenvalue weighted by Crippen LogP contribution is 2.33. The lowest BCUT2D eigenvalue weighted by molar-refractivity contribution is 0.353. The third kappa shape index (κ3) is 1.60. The van der Waals surface area contributed by atoms with Gasteiger partial charge < -0.3 is 13.9 Å². The summed E-state index contributed by atoms with van der Waals surface area (Å²) >= 11 is 0. The molecule has 1 aromatic carbocycles. The first kappa shape index (κ1) is 11.0. The summed E-state index contributed by atoms with van der Waals surface area (Å²) in [6, 6.07) is 4.92. The number of nitriles is 1. The van der Waals surface area contributed by atoms with Crippen LogP contribution in [0.15, 0.2) is 27.6 Å². The van der Waals surface area contributed by atoms with Gasteiger partial charge in [-0.2, -0.15) is 5.26 Å². The average Bonchev–Trinajstić information content (AvgIpc) is 2.37. The molecule has 1 heterocycles. The van der Waals surface area contributed by atoms with Crippen molar-refractivity contribution in [3.8, 4) is 17.6 Å². The molecule has 2 aromatic rings. The predicted molar refractivity (Wildman–Crippen MR) is 60.3 cm³/mol. The zero-order valence-electron chi connectivity index (χ0n) is 9.31. The Balaban J connectivity index is 2.90. The van der Waals surface area contributed by atoms with Crippen LogP contribution >= 0.6 is 0 Å². The molecule has 0 radical (unpaired) electrons. The van der Waals surface area contributed by atoms with Gasteiger partial charge in [-0.05, 0) is 12.1 Å². The van der Waals surface area contributed by atoms with Gasteiger partial charge in [0.15, 0.2) is 11.3 Å². The minimum absolute atomic E-state index is 0.0373. The van der Waals surface area contributed by atoms with Crippen molar-refractivity contribution in [2.24, 2.45) is 0 Å². The van der Waals surface area contributed by atoms with Crippen molar-refractivity contribution in [1.82, 2.24) is 0 Å². The van der Waals surface area contributed by atoms with Crippen LogP contribution in [0.2, 0.25) is 0 Å². The smallest absolute Gasteiger partial charge is 0.210 e. The van der Waals surface area contributed by atoms with E-state index in [1.165, 1.54) is 14.2 Å². The van der Waals surface area contributed by atoms with Crippen molar-refractivity contribution in [3.05, 3.63) is 34.2 Å². The Morgan fingerprint density at radius 2 is 2.06 bits per heavy atom. The van der Waals surface area contributed by atoms with Gasteiger partial charge in [-0.15, -0.1) is 0 Å². The molecule has 86 valence electrons. The van der Waals surface area contributed by atoms with E-state index in [-0.39, 0.29) is 16.6 Å². The minimum Gasteiger partial charge on any atom is -0.493 e. The number of fused-ring (bicyclic) bond motifs is 1. The van der Waals surface area contributed by atoms with Crippen LogP contribution in [-0.2, 0) is 0 Å². The van der Waals surface area contributed by atoms with E-state index in [4.69, 9.17) is 19.2 Å². The average molecular weight is 231 g/mol. The zero-order valence-corrected chi connectivity index (χ0v) is 9.31. The van der Waals surface area contributed by atoms with Gasteiger partial charge in [0.05, 0.1) is 19.6 Å². The van der Waals surface area contributed by atoms with Gasteiger partial charge in [0.25, 0.3) is 0 Å². The molecule has 0 amide bonds. The first-order chi connectivity index (χ1) is 8.22. The molecule has 17 heavy (non-hydrogen) atoms. The highest BCUT2D eigenvalue weighted by Gasteiger charge is 2.14. The normalized spacial score (nSPS) is 9.94. The van der Waals surface area contributed by atoms with Crippen molar-refractivity contribution in [3.63, 3.8) is 0 Å². The van der Waals surface area contributed by atoms with E-state index in [2.05, 4.69) is 0 Å². The summed E-state index contributed by atoms with van der Waals surface area (Å²) in [5.74, 6) is 0.805. The molecule has 0 aliphatic heterocycles. The fourth-order valence-corrected chi connectivity index (χ4v) is 1.59. The van der Waals surface area contributed by atoms with Crippen LogP contribution in [0.25, 0.3) is 11.0 Å². The fourth-order valence-electron chi connectivity index (χ4n) is 1.59. The van der Waals surface area contributed by atoms with Gasteiger partial charge in [-0.25, -0.2) is 0 Å². The highest BCUT2D eigenvalue weighted by atomic mass is 16.5. The van der Waals surface area contributed by atoms with Crippen molar-refractivity contribution < 1.29 is 13.9 Å². The maximum absolute atomic E-state index is 11.8. The van der Waals surface area contributed by atoms with Crippen LogP contribution in [0.5, 0.6) is 11.5 Å². The van der Waals surface area contributed by atoms with Crippen LogP contribution in [0.3, 0.4) is 0 Å². The van der Waals surface area contributed by atoms with Crippen molar-refractivity contribution >= 4 is 11.0 Å². The van der Waals surface area contributed by atoms with Crippen LogP contribution in [0.4, 0.5) is 0 Å².